The minimum absolute atomic E-state index is 0.364. The Kier molecular flexibility index (Phi) is 3.48. The molecule has 0 atom stereocenters. The van der Waals surface area contributed by atoms with Crippen LogP contribution in [0, 0.1) is 0 Å². The van der Waals surface area contributed by atoms with Gasteiger partial charge in [0, 0.05) is 50.1 Å². The molecule has 0 aromatic carbocycles. The van der Waals surface area contributed by atoms with Gasteiger partial charge in [-0.15, -0.1) is 0 Å². The molecule has 4 heterocycles. The Labute approximate surface area is 129 Å². The summed E-state index contributed by atoms with van der Waals surface area (Å²) in [5, 5.41) is 0. The fourth-order valence-corrected chi connectivity index (χ4v) is 3.01. The molecular weight excluding hydrogens is 280 g/mol. The Hall–Kier alpha value is -2.05. The Bertz CT molecular complexity index is 634. The first-order chi connectivity index (χ1) is 10.8. The van der Waals surface area contributed by atoms with Crippen molar-refractivity contribution in [3.63, 3.8) is 0 Å². The van der Waals surface area contributed by atoms with Crippen LogP contribution in [0.4, 0.5) is 5.95 Å². The SMILES string of the molecule is c1cncc(-c2ccnc(N3CCC4(CC3)OCCO4)n2)c1. The summed E-state index contributed by atoms with van der Waals surface area (Å²) in [4.78, 5) is 15.4. The van der Waals surface area contributed by atoms with E-state index in [1.807, 2.05) is 24.4 Å². The number of ether oxygens (including phenoxy) is 2. The highest BCUT2D eigenvalue weighted by Gasteiger charge is 2.40. The summed E-state index contributed by atoms with van der Waals surface area (Å²) >= 11 is 0. The molecular formula is C16H18N4O2. The molecule has 0 amide bonds. The number of hydrogen-bond acceptors (Lipinski definition) is 6. The van der Waals surface area contributed by atoms with E-state index < -0.39 is 0 Å². The molecule has 1 spiro atoms. The second-order valence-corrected chi connectivity index (χ2v) is 5.58. The number of pyridine rings is 1. The van der Waals surface area contributed by atoms with Gasteiger partial charge >= 0.3 is 0 Å². The predicted molar refractivity (Wildman–Crippen MR) is 81.3 cm³/mol. The van der Waals surface area contributed by atoms with Crippen molar-refractivity contribution in [1.82, 2.24) is 15.0 Å². The molecule has 2 aliphatic heterocycles. The highest BCUT2D eigenvalue weighted by Crippen LogP contribution is 2.32. The zero-order valence-corrected chi connectivity index (χ0v) is 12.3. The highest BCUT2D eigenvalue weighted by molar-refractivity contribution is 5.58. The van der Waals surface area contributed by atoms with Crippen LogP contribution >= 0.6 is 0 Å². The molecule has 6 heteroatoms. The average molecular weight is 298 g/mol. The number of nitrogens with zero attached hydrogens (tertiary/aromatic N) is 4. The smallest absolute Gasteiger partial charge is 0.225 e. The Morgan fingerprint density at radius 2 is 1.86 bits per heavy atom. The van der Waals surface area contributed by atoms with Crippen molar-refractivity contribution in [2.75, 3.05) is 31.2 Å². The second-order valence-electron chi connectivity index (χ2n) is 5.58. The summed E-state index contributed by atoms with van der Waals surface area (Å²) in [5.41, 5.74) is 1.90. The van der Waals surface area contributed by atoms with E-state index >= 15 is 0 Å². The van der Waals surface area contributed by atoms with Crippen molar-refractivity contribution in [2.24, 2.45) is 0 Å². The lowest BCUT2D eigenvalue weighted by molar-refractivity contribution is -0.169. The van der Waals surface area contributed by atoms with Crippen LogP contribution in [0.1, 0.15) is 12.8 Å². The molecule has 0 unspecified atom stereocenters. The lowest BCUT2D eigenvalue weighted by Crippen LogP contribution is -2.45. The van der Waals surface area contributed by atoms with Crippen molar-refractivity contribution in [3.8, 4) is 11.3 Å². The monoisotopic (exact) mass is 298 g/mol. The molecule has 0 bridgehead atoms. The van der Waals surface area contributed by atoms with Crippen LogP contribution in [0.2, 0.25) is 0 Å². The van der Waals surface area contributed by atoms with E-state index in [1.54, 1.807) is 12.4 Å². The van der Waals surface area contributed by atoms with Gasteiger partial charge in [-0.05, 0) is 18.2 Å². The number of hydrogen-bond donors (Lipinski definition) is 0. The van der Waals surface area contributed by atoms with Gasteiger partial charge in [0.25, 0.3) is 0 Å². The number of aromatic nitrogens is 3. The highest BCUT2D eigenvalue weighted by atomic mass is 16.7. The molecule has 0 saturated carbocycles. The average Bonchev–Trinajstić information content (AvgIpc) is 3.05. The molecule has 0 radical (unpaired) electrons. The summed E-state index contributed by atoms with van der Waals surface area (Å²) < 4.78 is 11.5. The predicted octanol–water partition coefficient (Wildman–Crippen LogP) is 1.88. The molecule has 4 rings (SSSR count). The summed E-state index contributed by atoms with van der Waals surface area (Å²) in [6.07, 6.45) is 7.09. The first kappa shape index (κ1) is 13.6. The van der Waals surface area contributed by atoms with Gasteiger partial charge in [-0.1, -0.05) is 0 Å². The van der Waals surface area contributed by atoms with Crippen LogP contribution in [0.25, 0.3) is 11.3 Å². The van der Waals surface area contributed by atoms with E-state index in [2.05, 4.69) is 19.9 Å². The van der Waals surface area contributed by atoms with Crippen molar-refractivity contribution in [2.45, 2.75) is 18.6 Å². The van der Waals surface area contributed by atoms with E-state index in [0.29, 0.717) is 13.2 Å². The van der Waals surface area contributed by atoms with E-state index in [-0.39, 0.29) is 5.79 Å². The molecule has 2 fully saturated rings. The molecule has 2 aliphatic rings. The largest absolute Gasteiger partial charge is 0.347 e. The normalized spacial score (nSPS) is 20.5. The van der Waals surface area contributed by atoms with Gasteiger partial charge in [-0.25, -0.2) is 9.97 Å². The summed E-state index contributed by atoms with van der Waals surface area (Å²) in [5.74, 6) is 0.395. The quantitative estimate of drug-likeness (QED) is 0.843. The Morgan fingerprint density at radius 3 is 2.59 bits per heavy atom. The third kappa shape index (κ3) is 2.55. The number of piperidine rings is 1. The van der Waals surface area contributed by atoms with Crippen LogP contribution in [0.15, 0.2) is 36.8 Å². The van der Waals surface area contributed by atoms with Crippen LogP contribution in [-0.2, 0) is 9.47 Å². The van der Waals surface area contributed by atoms with E-state index in [9.17, 15) is 0 Å². The van der Waals surface area contributed by atoms with Gasteiger partial charge in [0.05, 0.1) is 18.9 Å². The van der Waals surface area contributed by atoms with E-state index in [1.165, 1.54) is 0 Å². The third-order valence-corrected chi connectivity index (χ3v) is 4.22. The maximum absolute atomic E-state index is 5.76. The maximum Gasteiger partial charge on any atom is 0.225 e. The fourth-order valence-electron chi connectivity index (χ4n) is 3.01. The first-order valence-electron chi connectivity index (χ1n) is 7.61. The molecule has 114 valence electrons. The van der Waals surface area contributed by atoms with Gasteiger partial charge in [-0.3, -0.25) is 4.98 Å². The van der Waals surface area contributed by atoms with Crippen LogP contribution in [-0.4, -0.2) is 47.0 Å². The summed E-state index contributed by atoms with van der Waals surface area (Å²) in [7, 11) is 0. The third-order valence-electron chi connectivity index (χ3n) is 4.22. The van der Waals surface area contributed by atoms with Crippen LogP contribution < -0.4 is 4.90 Å². The van der Waals surface area contributed by atoms with Crippen molar-refractivity contribution >= 4 is 5.95 Å². The lowest BCUT2D eigenvalue weighted by atomic mass is 10.0. The van der Waals surface area contributed by atoms with Crippen molar-refractivity contribution < 1.29 is 9.47 Å². The molecule has 2 aromatic heterocycles. The van der Waals surface area contributed by atoms with Crippen LogP contribution in [0.5, 0.6) is 0 Å². The van der Waals surface area contributed by atoms with Crippen molar-refractivity contribution in [1.29, 1.82) is 0 Å². The van der Waals surface area contributed by atoms with Crippen LogP contribution in [0.3, 0.4) is 0 Å². The Balaban J connectivity index is 1.52. The topological polar surface area (TPSA) is 60.4 Å². The van der Waals surface area contributed by atoms with Gasteiger partial charge in [0.1, 0.15) is 0 Å². The Morgan fingerprint density at radius 1 is 1.05 bits per heavy atom. The molecule has 2 saturated heterocycles. The summed E-state index contributed by atoms with van der Waals surface area (Å²) in [6, 6.07) is 5.83. The molecule has 0 aliphatic carbocycles. The van der Waals surface area contributed by atoms with Gasteiger partial charge in [-0.2, -0.15) is 0 Å². The minimum Gasteiger partial charge on any atom is -0.347 e. The second kappa shape index (κ2) is 5.62. The van der Waals surface area contributed by atoms with E-state index in [4.69, 9.17) is 9.47 Å². The number of anilines is 1. The van der Waals surface area contributed by atoms with Gasteiger partial charge < -0.3 is 14.4 Å². The zero-order valence-electron chi connectivity index (χ0n) is 12.3. The van der Waals surface area contributed by atoms with E-state index in [0.717, 1.165) is 43.1 Å². The number of rotatable bonds is 2. The first-order valence-corrected chi connectivity index (χ1v) is 7.61. The molecule has 2 aromatic rings. The van der Waals surface area contributed by atoms with Gasteiger partial charge in [0.2, 0.25) is 5.95 Å². The lowest BCUT2D eigenvalue weighted by Gasteiger charge is -2.37. The fraction of sp³-hybridized carbons (Fsp3) is 0.438. The van der Waals surface area contributed by atoms with Gasteiger partial charge in [0.15, 0.2) is 5.79 Å². The molecule has 22 heavy (non-hydrogen) atoms. The van der Waals surface area contributed by atoms with Crippen molar-refractivity contribution in [3.05, 3.63) is 36.8 Å². The maximum atomic E-state index is 5.76. The zero-order chi connectivity index (χ0) is 14.8. The molecule has 6 nitrogen and oxygen atoms in total. The standard InChI is InChI=1S/C16H18N4O2/c1-2-13(12-17-6-1)14-3-7-18-15(19-14)20-8-4-16(5-9-20)21-10-11-22-16/h1-3,6-7,12H,4-5,8-11H2. The summed E-state index contributed by atoms with van der Waals surface area (Å²) in [6.45, 7) is 3.09. The minimum atomic E-state index is -0.364. The molecule has 0 N–H and O–H groups in total.